The van der Waals surface area contributed by atoms with Crippen molar-refractivity contribution in [2.24, 2.45) is 0 Å². The monoisotopic (exact) mass is 220 g/mol. The van der Waals surface area contributed by atoms with E-state index in [-0.39, 0.29) is 17.5 Å². The Kier molecular flexibility index (Phi) is 3.39. The Morgan fingerprint density at radius 1 is 1.38 bits per heavy atom. The molecule has 0 bridgehead atoms. The van der Waals surface area contributed by atoms with Crippen molar-refractivity contribution in [3.63, 3.8) is 0 Å². The molecule has 0 unspecified atom stereocenters. The average Bonchev–Trinajstić information content (AvgIpc) is 2.31. The maximum absolute atomic E-state index is 10.8. The molecule has 1 saturated carbocycles. The van der Waals surface area contributed by atoms with Crippen LogP contribution in [0, 0.1) is 16.2 Å². The Morgan fingerprint density at radius 2 is 2.12 bits per heavy atom. The van der Waals surface area contributed by atoms with Gasteiger partial charge in [-0.25, -0.2) is 0 Å². The molecule has 16 heavy (non-hydrogen) atoms. The summed E-state index contributed by atoms with van der Waals surface area (Å²) >= 11 is 0. The van der Waals surface area contributed by atoms with Gasteiger partial charge in [0.25, 0.3) is 0 Å². The topological polar surface area (TPSA) is 52.4 Å². The van der Waals surface area contributed by atoms with Gasteiger partial charge in [0.15, 0.2) is 0 Å². The van der Waals surface area contributed by atoms with E-state index in [1.54, 1.807) is 12.1 Å². The summed E-state index contributed by atoms with van der Waals surface area (Å²) in [4.78, 5) is 10.3. The molecule has 0 N–H and O–H groups in total. The van der Waals surface area contributed by atoms with Gasteiger partial charge in [0.05, 0.1) is 11.0 Å². The van der Waals surface area contributed by atoms with Gasteiger partial charge in [-0.2, -0.15) is 0 Å². The Morgan fingerprint density at radius 3 is 2.81 bits per heavy atom. The minimum absolute atomic E-state index is 0.00748. The van der Waals surface area contributed by atoms with Crippen LogP contribution in [-0.2, 0) is 0 Å². The zero-order valence-electron chi connectivity index (χ0n) is 9.02. The first-order valence-corrected chi connectivity index (χ1v) is 5.59. The molecular formula is C12H14NO3. The van der Waals surface area contributed by atoms with Gasteiger partial charge in [0, 0.05) is 12.1 Å². The Balaban J connectivity index is 2.10. The van der Waals surface area contributed by atoms with E-state index in [2.05, 4.69) is 6.07 Å². The van der Waals surface area contributed by atoms with Crippen molar-refractivity contribution in [3.05, 3.63) is 34.4 Å². The zero-order chi connectivity index (χ0) is 11.4. The minimum Gasteiger partial charge on any atom is -0.483 e. The van der Waals surface area contributed by atoms with E-state index in [0.29, 0.717) is 0 Å². The Hall–Kier alpha value is -1.58. The highest BCUT2D eigenvalue weighted by Gasteiger charge is 2.20. The molecule has 1 aliphatic rings. The van der Waals surface area contributed by atoms with Crippen molar-refractivity contribution in [2.75, 3.05) is 0 Å². The van der Waals surface area contributed by atoms with Crippen LogP contribution in [0.1, 0.15) is 32.1 Å². The molecule has 85 valence electrons. The largest absolute Gasteiger partial charge is 0.483 e. The van der Waals surface area contributed by atoms with Gasteiger partial charge < -0.3 is 4.74 Å². The molecule has 4 heteroatoms. The summed E-state index contributed by atoms with van der Waals surface area (Å²) in [5.74, 6) is 0.277. The van der Waals surface area contributed by atoms with E-state index in [1.165, 1.54) is 12.5 Å². The van der Waals surface area contributed by atoms with Crippen molar-refractivity contribution >= 4 is 5.69 Å². The summed E-state index contributed by atoms with van der Waals surface area (Å²) in [7, 11) is 0. The van der Waals surface area contributed by atoms with Crippen LogP contribution in [0.3, 0.4) is 0 Å². The normalized spacial score (nSPS) is 17.0. The average molecular weight is 220 g/mol. The van der Waals surface area contributed by atoms with E-state index in [9.17, 15) is 10.1 Å². The zero-order valence-corrected chi connectivity index (χ0v) is 9.02. The second-order valence-electron chi connectivity index (χ2n) is 4.02. The lowest BCUT2D eigenvalue weighted by molar-refractivity contribution is -0.386. The molecule has 1 aliphatic carbocycles. The molecule has 0 aliphatic heterocycles. The molecule has 4 nitrogen and oxygen atoms in total. The first-order chi connectivity index (χ1) is 7.77. The highest BCUT2D eigenvalue weighted by Crippen LogP contribution is 2.29. The molecule has 0 aromatic heterocycles. The van der Waals surface area contributed by atoms with Gasteiger partial charge in [-0.1, -0.05) is 12.5 Å². The second-order valence-corrected chi connectivity index (χ2v) is 4.02. The van der Waals surface area contributed by atoms with Crippen LogP contribution in [0.25, 0.3) is 0 Å². The van der Waals surface area contributed by atoms with E-state index in [0.717, 1.165) is 25.7 Å². The van der Waals surface area contributed by atoms with E-state index < -0.39 is 4.92 Å². The third-order valence-electron chi connectivity index (χ3n) is 2.83. The SMILES string of the molecule is O=[N+]([O-])c1ccc[c]c1OC1CCCCC1. The summed E-state index contributed by atoms with van der Waals surface area (Å²) in [5.41, 5.74) is 0.00748. The summed E-state index contributed by atoms with van der Waals surface area (Å²) in [5, 5.41) is 10.8. The molecule has 1 fully saturated rings. The molecule has 0 saturated heterocycles. The molecule has 0 amide bonds. The Bertz CT molecular complexity index is 372. The highest BCUT2D eigenvalue weighted by atomic mass is 16.6. The van der Waals surface area contributed by atoms with E-state index in [4.69, 9.17) is 4.74 Å². The number of rotatable bonds is 3. The maximum atomic E-state index is 10.8. The van der Waals surface area contributed by atoms with Crippen LogP contribution in [0.4, 0.5) is 5.69 Å². The van der Waals surface area contributed by atoms with Gasteiger partial charge in [-0.05, 0) is 31.7 Å². The van der Waals surface area contributed by atoms with Crippen molar-refractivity contribution in [1.82, 2.24) is 0 Å². The van der Waals surface area contributed by atoms with Gasteiger partial charge >= 0.3 is 5.69 Å². The van der Waals surface area contributed by atoms with Crippen LogP contribution < -0.4 is 4.74 Å². The lowest BCUT2D eigenvalue weighted by Gasteiger charge is -2.22. The first-order valence-electron chi connectivity index (χ1n) is 5.59. The molecule has 0 heterocycles. The number of hydrogen-bond acceptors (Lipinski definition) is 3. The first kappa shape index (κ1) is 10.9. The fourth-order valence-electron chi connectivity index (χ4n) is 2.00. The van der Waals surface area contributed by atoms with Crippen LogP contribution in [0.15, 0.2) is 18.2 Å². The molecule has 1 radical (unpaired) electrons. The number of nitro groups is 1. The van der Waals surface area contributed by atoms with Crippen molar-refractivity contribution in [3.8, 4) is 5.75 Å². The van der Waals surface area contributed by atoms with Crippen molar-refractivity contribution < 1.29 is 9.66 Å². The third-order valence-corrected chi connectivity index (χ3v) is 2.83. The van der Waals surface area contributed by atoms with E-state index in [1.807, 2.05) is 0 Å². The predicted octanol–water partition coefficient (Wildman–Crippen LogP) is 3.11. The molecule has 0 atom stereocenters. The lowest BCUT2D eigenvalue weighted by atomic mass is 9.98. The number of para-hydroxylation sites is 1. The van der Waals surface area contributed by atoms with Gasteiger partial charge in [-0.15, -0.1) is 0 Å². The second kappa shape index (κ2) is 4.96. The Labute approximate surface area is 94.4 Å². The number of nitro benzene ring substituents is 1. The van der Waals surface area contributed by atoms with Crippen LogP contribution in [-0.4, -0.2) is 11.0 Å². The fraction of sp³-hybridized carbons (Fsp3) is 0.500. The quantitative estimate of drug-likeness (QED) is 0.581. The molecule has 1 aromatic rings. The molecule has 2 rings (SSSR count). The number of benzene rings is 1. The third kappa shape index (κ3) is 2.51. The molecule has 1 aromatic carbocycles. The van der Waals surface area contributed by atoms with Crippen molar-refractivity contribution in [2.45, 2.75) is 38.2 Å². The van der Waals surface area contributed by atoms with Crippen LogP contribution in [0.2, 0.25) is 0 Å². The summed E-state index contributed by atoms with van der Waals surface area (Å²) in [6.07, 6.45) is 5.61. The summed E-state index contributed by atoms with van der Waals surface area (Å²) in [6, 6.07) is 7.50. The fourth-order valence-corrected chi connectivity index (χ4v) is 2.00. The van der Waals surface area contributed by atoms with Crippen LogP contribution >= 0.6 is 0 Å². The van der Waals surface area contributed by atoms with Crippen molar-refractivity contribution in [1.29, 1.82) is 0 Å². The standard InChI is InChI=1S/C12H14NO3/c14-13(15)11-8-4-5-9-12(11)16-10-6-2-1-3-7-10/h4-5,8,10H,1-3,6-7H2. The number of ether oxygens (including phenoxy) is 1. The van der Waals surface area contributed by atoms with Gasteiger partial charge in [0.2, 0.25) is 5.75 Å². The smallest absolute Gasteiger partial charge is 0.311 e. The van der Waals surface area contributed by atoms with Gasteiger partial charge in [-0.3, -0.25) is 10.1 Å². The molecular weight excluding hydrogens is 206 g/mol. The maximum Gasteiger partial charge on any atom is 0.311 e. The summed E-state index contributed by atoms with van der Waals surface area (Å²) in [6.45, 7) is 0. The number of nitrogens with zero attached hydrogens (tertiary/aromatic N) is 1. The summed E-state index contributed by atoms with van der Waals surface area (Å²) < 4.78 is 5.65. The van der Waals surface area contributed by atoms with Gasteiger partial charge in [0.1, 0.15) is 0 Å². The lowest BCUT2D eigenvalue weighted by Crippen LogP contribution is -2.20. The molecule has 0 spiro atoms. The number of hydrogen-bond donors (Lipinski definition) is 0. The predicted molar refractivity (Wildman–Crippen MR) is 59.4 cm³/mol. The highest BCUT2D eigenvalue weighted by molar-refractivity contribution is 5.44. The minimum atomic E-state index is -0.422. The van der Waals surface area contributed by atoms with Crippen LogP contribution in [0.5, 0.6) is 5.75 Å². The van der Waals surface area contributed by atoms with E-state index >= 15 is 0 Å².